The Balaban J connectivity index is 0.000000640. The molecule has 0 aromatic rings. The summed E-state index contributed by atoms with van der Waals surface area (Å²) in [6.45, 7) is 3.39. The fourth-order valence-electron chi connectivity index (χ4n) is 0.872. The summed E-state index contributed by atoms with van der Waals surface area (Å²) in [5, 5.41) is 0. The summed E-state index contributed by atoms with van der Waals surface area (Å²) in [4.78, 5) is 12.4. The first-order valence-corrected chi connectivity index (χ1v) is 2.88. The molecule has 0 radical (unpaired) electrons. The molecule has 0 N–H and O–H groups in total. The van der Waals surface area contributed by atoms with Crippen molar-refractivity contribution in [2.24, 2.45) is 0 Å². The largest absolute Gasteiger partial charge is 1.00 e. The van der Waals surface area contributed by atoms with E-state index in [2.05, 4.69) is 6.42 Å². The Morgan fingerprint density at radius 3 is 2.56 bits per heavy atom. The van der Waals surface area contributed by atoms with Gasteiger partial charge in [-0.3, -0.25) is 4.79 Å². The molecule has 0 aliphatic carbocycles. The number of rotatable bonds is 0. The number of carbonyl (C=O) groups is 1. The zero-order chi connectivity index (χ0) is 5.98. The summed E-state index contributed by atoms with van der Waals surface area (Å²) in [6, 6.07) is 0. The minimum absolute atomic E-state index is 0. The van der Waals surface area contributed by atoms with Crippen molar-refractivity contribution < 1.29 is 56.2 Å². The zero-order valence-corrected chi connectivity index (χ0v) is 9.18. The summed E-state index contributed by atoms with van der Waals surface area (Å²) >= 11 is 0. The van der Waals surface area contributed by atoms with Crippen LogP contribution >= 0.6 is 0 Å². The molecule has 46 valence electrons. The standard InChI is InChI=1S/C6H10NO.K/c1-6(8)7-4-2-3-5-7;/h2H,3-5H2,1H3;/q-1;+1. The predicted octanol–water partition coefficient (Wildman–Crippen LogP) is -2.55. The Kier molecular flexibility index (Phi) is 5.45. The van der Waals surface area contributed by atoms with Gasteiger partial charge in [0.15, 0.2) is 0 Å². The first kappa shape index (κ1) is 10.1. The van der Waals surface area contributed by atoms with E-state index in [0.717, 1.165) is 19.5 Å². The molecular weight excluding hydrogens is 141 g/mol. The molecule has 0 atom stereocenters. The molecule has 1 saturated heterocycles. The number of amides is 1. The number of nitrogens with zero attached hydrogens (tertiary/aromatic N) is 1. The van der Waals surface area contributed by atoms with Crippen molar-refractivity contribution in [2.45, 2.75) is 13.3 Å². The second-order valence-corrected chi connectivity index (χ2v) is 2.04. The van der Waals surface area contributed by atoms with Gasteiger partial charge in [-0.15, -0.1) is 6.54 Å². The van der Waals surface area contributed by atoms with Gasteiger partial charge in [0.2, 0.25) is 5.91 Å². The summed E-state index contributed by atoms with van der Waals surface area (Å²) in [6.07, 6.45) is 3.20. The van der Waals surface area contributed by atoms with Crippen LogP contribution in [0.15, 0.2) is 0 Å². The van der Waals surface area contributed by atoms with Crippen molar-refractivity contribution in [3.63, 3.8) is 0 Å². The van der Waals surface area contributed by atoms with Crippen LogP contribution < -0.4 is 51.4 Å². The Bertz CT molecular complexity index is 99.2. The fourth-order valence-corrected chi connectivity index (χ4v) is 0.872. The van der Waals surface area contributed by atoms with E-state index in [-0.39, 0.29) is 57.3 Å². The maximum Gasteiger partial charge on any atom is 1.00 e. The minimum Gasteiger partial charge on any atom is -0.375 e. The smallest absolute Gasteiger partial charge is 0.375 e. The van der Waals surface area contributed by atoms with Gasteiger partial charge in [-0.05, 0) is 6.54 Å². The normalized spacial score (nSPS) is 17.2. The molecule has 0 spiro atoms. The van der Waals surface area contributed by atoms with E-state index in [9.17, 15) is 4.79 Å². The van der Waals surface area contributed by atoms with Crippen molar-refractivity contribution in [1.82, 2.24) is 4.90 Å². The van der Waals surface area contributed by atoms with E-state index in [4.69, 9.17) is 0 Å². The van der Waals surface area contributed by atoms with Gasteiger partial charge in [0.25, 0.3) is 0 Å². The van der Waals surface area contributed by atoms with Crippen LogP contribution in [0.2, 0.25) is 0 Å². The fraction of sp³-hybridized carbons (Fsp3) is 0.667. The van der Waals surface area contributed by atoms with Crippen molar-refractivity contribution in [2.75, 3.05) is 13.1 Å². The van der Waals surface area contributed by atoms with Crippen LogP contribution in [0.1, 0.15) is 13.3 Å². The van der Waals surface area contributed by atoms with E-state index >= 15 is 0 Å². The Hall–Kier alpha value is 1.11. The summed E-state index contributed by atoms with van der Waals surface area (Å²) in [5.74, 6) is 0.193. The monoisotopic (exact) mass is 151 g/mol. The molecule has 0 saturated carbocycles. The topological polar surface area (TPSA) is 20.3 Å². The molecule has 1 amide bonds. The Morgan fingerprint density at radius 1 is 1.67 bits per heavy atom. The van der Waals surface area contributed by atoms with Crippen LogP contribution in [0.4, 0.5) is 0 Å². The van der Waals surface area contributed by atoms with Gasteiger partial charge < -0.3 is 11.3 Å². The second-order valence-electron chi connectivity index (χ2n) is 2.04. The van der Waals surface area contributed by atoms with Crippen molar-refractivity contribution in [3.05, 3.63) is 6.42 Å². The molecule has 9 heavy (non-hydrogen) atoms. The Morgan fingerprint density at radius 2 is 2.33 bits per heavy atom. The summed E-state index contributed by atoms with van der Waals surface area (Å²) < 4.78 is 0. The molecule has 3 heteroatoms. The average molecular weight is 151 g/mol. The van der Waals surface area contributed by atoms with E-state index in [1.807, 2.05) is 4.90 Å². The van der Waals surface area contributed by atoms with Gasteiger partial charge in [-0.25, -0.2) is 0 Å². The molecule has 0 aromatic carbocycles. The van der Waals surface area contributed by atoms with Crippen molar-refractivity contribution in [1.29, 1.82) is 0 Å². The molecule has 1 fully saturated rings. The molecule has 1 aliphatic heterocycles. The molecule has 0 unspecified atom stereocenters. The van der Waals surface area contributed by atoms with Gasteiger partial charge in [0, 0.05) is 6.92 Å². The van der Waals surface area contributed by atoms with E-state index < -0.39 is 0 Å². The van der Waals surface area contributed by atoms with E-state index in [1.54, 1.807) is 6.92 Å². The molecule has 2 nitrogen and oxygen atoms in total. The SMILES string of the molecule is CC(=O)N1C[CH-]CC1.[K+]. The zero-order valence-electron chi connectivity index (χ0n) is 6.05. The number of carbonyl (C=O) groups excluding carboxylic acids is 1. The number of hydrogen-bond acceptors (Lipinski definition) is 1. The second kappa shape index (κ2) is 4.85. The summed E-state index contributed by atoms with van der Waals surface area (Å²) in [5.41, 5.74) is 0. The van der Waals surface area contributed by atoms with Crippen LogP contribution in [0.5, 0.6) is 0 Å². The van der Waals surface area contributed by atoms with Crippen LogP contribution in [0, 0.1) is 6.42 Å². The average Bonchev–Trinajstić information content (AvgIpc) is 2.12. The van der Waals surface area contributed by atoms with E-state index in [0.29, 0.717) is 0 Å². The van der Waals surface area contributed by atoms with Gasteiger partial charge in [0.1, 0.15) is 0 Å². The number of hydrogen-bond donors (Lipinski definition) is 0. The summed E-state index contributed by atoms with van der Waals surface area (Å²) in [7, 11) is 0. The van der Waals surface area contributed by atoms with Gasteiger partial charge in [-0.1, -0.05) is 0 Å². The third-order valence-electron chi connectivity index (χ3n) is 1.40. The number of likely N-dealkylation sites (tertiary alicyclic amines) is 1. The van der Waals surface area contributed by atoms with Crippen molar-refractivity contribution in [3.8, 4) is 0 Å². The van der Waals surface area contributed by atoms with Crippen LogP contribution in [-0.4, -0.2) is 23.9 Å². The third-order valence-corrected chi connectivity index (χ3v) is 1.40. The molecule has 0 aromatic heterocycles. The van der Waals surface area contributed by atoms with Gasteiger partial charge >= 0.3 is 51.4 Å². The van der Waals surface area contributed by atoms with Gasteiger partial charge in [0.05, 0.1) is 0 Å². The van der Waals surface area contributed by atoms with Crippen molar-refractivity contribution >= 4 is 5.91 Å². The minimum atomic E-state index is 0. The molecule has 1 heterocycles. The predicted molar refractivity (Wildman–Crippen MR) is 31.2 cm³/mol. The maximum atomic E-state index is 10.6. The Labute approximate surface area is 98.4 Å². The molecule has 1 rings (SSSR count). The van der Waals surface area contributed by atoms with Crippen LogP contribution in [0.3, 0.4) is 0 Å². The first-order chi connectivity index (χ1) is 3.80. The quantitative estimate of drug-likeness (QED) is 0.276. The van der Waals surface area contributed by atoms with Crippen LogP contribution in [0.25, 0.3) is 0 Å². The van der Waals surface area contributed by atoms with Crippen LogP contribution in [-0.2, 0) is 4.79 Å². The van der Waals surface area contributed by atoms with E-state index in [1.165, 1.54) is 0 Å². The molecule has 1 aliphatic rings. The first-order valence-electron chi connectivity index (χ1n) is 2.88. The maximum absolute atomic E-state index is 10.6. The third kappa shape index (κ3) is 3.14. The molecular formula is C6H10KNO. The molecule has 0 bridgehead atoms. The van der Waals surface area contributed by atoms with Gasteiger partial charge in [-0.2, -0.15) is 6.42 Å².